The van der Waals surface area contributed by atoms with Gasteiger partial charge in [0.25, 0.3) is 0 Å². The molecule has 1 atom stereocenters. The van der Waals surface area contributed by atoms with Crippen molar-refractivity contribution in [3.05, 3.63) is 30.6 Å². The fraction of sp³-hybridized carbons (Fsp3) is 0.400. The molecule has 0 saturated carbocycles. The molecule has 18 heavy (non-hydrogen) atoms. The first kappa shape index (κ1) is 12.8. The van der Waals surface area contributed by atoms with Crippen LogP contribution < -0.4 is 4.72 Å². The van der Waals surface area contributed by atoms with E-state index >= 15 is 0 Å². The first-order valence-electron chi connectivity index (χ1n) is 5.53. The number of hydrogen-bond acceptors (Lipinski definition) is 4. The molecule has 0 aromatic carbocycles. The van der Waals surface area contributed by atoms with Gasteiger partial charge in [-0.2, -0.15) is 5.10 Å². The number of hydrogen-bond donors (Lipinski definition) is 2. The number of imidazole rings is 1. The van der Waals surface area contributed by atoms with Gasteiger partial charge in [-0.05, 0) is 6.42 Å². The summed E-state index contributed by atoms with van der Waals surface area (Å²) in [6, 6.07) is -0.370. The minimum absolute atomic E-state index is 0.148. The van der Waals surface area contributed by atoms with Gasteiger partial charge in [0, 0.05) is 25.6 Å². The number of nitrogens with zero attached hydrogens (tertiary/aromatic N) is 3. The van der Waals surface area contributed by atoms with E-state index in [1.54, 1.807) is 19.4 Å². The van der Waals surface area contributed by atoms with Crippen molar-refractivity contribution in [3.63, 3.8) is 0 Å². The van der Waals surface area contributed by atoms with E-state index in [0.717, 1.165) is 0 Å². The Morgan fingerprint density at radius 1 is 1.56 bits per heavy atom. The van der Waals surface area contributed by atoms with Gasteiger partial charge >= 0.3 is 0 Å². The Hall–Kier alpha value is -1.67. The van der Waals surface area contributed by atoms with Gasteiger partial charge in [-0.15, -0.1) is 0 Å². The normalized spacial score (nSPS) is 13.7. The van der Waals surface area contributed by atoms with Crippen LogP contribution in [0.5, 0.6) is 0 Å². The molecule has 0 aliphatic heterocycles. The molecule has 0 bridgehead atoms. The average molecular weight is 269 g/mol. The van der Waals surface area contributed by atoms with Gasteiger partial charge in [-0.3, -0.25) is 4.68 Å². The largest absolute Gasteiger partial charge is 0.347 e. The third kappa shape index (κ3) is 2.59. The molecule has 2 aromatic heterocycles. The third-order valence-corrected chi connectivity index (χ3v) is 3.97. The topological polar surface area (TPSA) is 92.7 Å². The van der Waals surface area contributed by atoms with E-state index in [1.807, 2.05) is 6.92 Å². The number of nitrogens with one attached hydrogen (secondary N) is 2. The lowest BCUT2D eigenvalue weighted by Crippen LogP contribution is -2.28. The van der Waals surface area contributed by atoms with Crippen molar-refractivity contribution in [1.82, 2.24) is 24.5 Å². The van der Waals surface area contributed by atoms with Crippen molar-refractivity contribution in [2.75, 3.05) is 0 Å². The lowest BCUT2D eigenvalue weighted by atomic mass is 10.2. The second-order valence-electron chi connectivity index (χ2n) is 3.91. The van der Waals surface area contributed by atoms with Gasteiger partial charge in [-0.1, -0.05) is 6.92 Å². The number of aromatic nitrogens is 4. The highest BCUT2D eigenvalue weighted by molar-refractivity contribution is 7.89. The molecule has 0 radical (unpaired) electrons. The summed E-state index contributed by atoms with van der Waals surface area (Å²) in [7, 11) is -1.90. The van der Waals surface area contributed by atoms with Crippen LogP contribution in [-0.2, 0) is 17.1 Å². The zero-order valence-corrected chi connectivity index (χ0v) is 11.0. The Bertz CT molecular complexity index is 602. The van der Waals surface area contributed by atoms with Crippen molar-refractivity contribution in [1.29, 1.82) is 0 Å². The molecule has 98 valence electrons. The van der Waals surface area contributed by atoms with Crippen LogP contribution in [0.2, 0.25) is 0 Å². The van der Waals surface area contributed by atoms with Gasteiger partial charge in [0.1, 0.15) is 10.7 Å². The number of sulfonamides is 1. The standard InChI is InChI=1S/C10H15N5O2S/c1-3-9(10-11-4-5-12-10)14-18(16,17)8-6-13-15(2)7-8/h4-7,9,14H,3H2,1-2H3,(H,11,12). The maximum absolute atomic E-state index is 12.1. The molecule has 0 spiro atoms. The number of H-pyrrole nitrogens is 1. The summed E-state index contributed by atoms with van der Waals surface area (Å²) in [4.78, 5) is 7.12. The van der Waals surface area contributed by atoms with Gasteiger partial charge in [0.05, 0.1) is 12.2 Å². The maximum Gasteiger partial charge on any atom is 0.244 e. The molecule has 2 N–H and O–H groups in total. The predicted molar refractivity (Wildman–Crippen MR) is 65.1 cm³/mol. The van der Waals surface area contributed by atoms with Crippen LogP contribution in [0.25, 0.3) is 0 Å². The predicted octanol–water partition coefficient (Wildman–Crippen LogP) is 0.573. The monoisotopic (exact) mass is 269 g/mol. The van der Waals surface area contributed by atoms with Crippen LogP contribution in [0, 0.1) is 0 Å². The zero-order valence-electron chi connectivity index (χ0n) is 10.2. The molecule has 0 saturated heterocycles. The first-order valence-corrected chi connectivity index (χ1v) is 7.01. The molecule has 7 nitrogen and oxygen atoms in total. The number of rotatable bonds is 5. The lowest BCUT2D eigenvalue weighted by Gasteiger charge is -2.13. The van der Waals surface area contributed by atoms with E-state index in [2.05, 4.69) is 19.8 Å². The number of aromatic amines is 1. The van der Waals surface area contributed by atoms with Crippen LogP contribution >= 0.6 is 0 Å². The Morgan fingerprint density at radius 2 is 2.33 bits per heavy atom. The van der Waals surface area contributed by atoms with E-state index < -0.39 is 10.0 Å². The summed E-state index contributed by atoms with van der Waals surface area (Å²) in [5, 5.41) is 3.85. The van der Waals surface area contributed by atoms with E-state index in [1.165, 1.54) is 17.1 Å². The average Bonchev–Trinajstić information content (AvgIpc) is 2.96. The highest BCUT2D eigenvalue weighted by atomic mass is 32.2. The second kappa shape index (κ2) is 4.91. The summed E-state index contributed by atoms with van der Waals surface area (Å²) in [6.45, 7) is 1.89. The first-order chi connectivity index (χ1) is 8.53. The number of aryl methyl sites for hydroxylation is 1. The van der Waals surface area contributed by atoms with Gasteiger partial charge < -0.3 is 4.98 Å². The van der Waals surface area contributed by atoms with Gasteiger partial charge in [-0.25, -0.2) is 18.1 Å². The quantitative estimate of drug-likeness (QED) is 0.830. The summed E-state index contributed by atoms with van der Waals surface area (Å²) in [5.74, 6) is 0.602. The molecular weight excluding hydrogens is 254 g/mol. The highest BCUT2D eigenvalue weighted by Gasteiger charge is 2.22. The molecule has 2 aromatic rings. The molecular formula is C10H15N5O2S. The molecule has 0 amide bonds. The Labute approximate surface area is 105 Å². The summed E-state index contributed by atoms with van der Waals surface area (Å²) in [6.07, 6.45) is 6.63. The Morgan fingerprint density at radius 3 is 2.83 bits per heavy atom. The molecule has 2 rings (SSSR count). The van der Waals surface area contributed by atoms with Crippen LogP contribution in [0.3, 0.4) is 0 Å². The lowest BCUT2D eigenvalue weighted by molar-refractivity contribution is 0.539. The van der Waals surface area contributed by atoms with Crippen LogP contribution in [0.15, 0.2) is 29.7 Å². The second-order valence-corrected chi connectivity index (χ2v) is 5.62. The molecule has 8 heteroatoms. The smallest absolute Gasteiger partial charge is 0.244 e. The fourth-order valence-corrected chi connectivity index (χ4v) is 2.86. The highest BCUT2D eigenvalue weighted by Crippen LogP contribution is 2.16. The van der Waals surface area contributed by atoms with Crippen LogP contribution in [0.4, 0.5) is 0 Å². The zero-order chi connectivity index (χ0) is 13.2. The van der Waals surface area contributed by atoms with Gasteiger partial charge in [0.15, 0.2) is 0 Å². The Kier molecular flexibility index (Phi) is 3.48. The summed E-state index contributed by atoms with van der Waals surface area (Å²) in [5.41, 5.74) is 0. The molecule has 1 unspecified atom stereocenters. The van der Waals surface area contributed by atoms with Crippen LogP contribution in [0.1, 0.15) is 25.2 Å². The maximum atomic E-state index is 12.1. The van der Waals surface area contributed by atoms with E-state index in [4.69, 9.17) is 0 Å². The van der Waals surface area contributed by atoms with E-state index in [-0.39, 0.29) is 10.9 Å². The Balaban J connectivity index is 2.22. The minimum atomic E-state index is -3.57. The van der Waals surface area contributed by atoms with Crippen LogP contribution in [-0.4, -0.2) is 28.2 Å². The summed E-state index contributed by atoms with van der Waals surface area (Å²) >= 11 is 0. The van der Waals surface area contributed by atoms with E-state index in [0.29, 0.717) is 12.2 Å². The van der Waals surface area contributed by atoms with Crippen molar-refractivity contribution >= 4 is 10.0 Å². The SMILES string of the molecule is CCC(NS(=O)(=O)c1cnn(C)c1)c1ncc[nH]1. The van der Waals surface area contributed by atoms with E-state index in [9.17, 15) is 8.42 Å². The third-order valence-electron chi connectivity index (χ3n) is 2.55. The molecule has 2 heterocycles. The minimum Gasteiger partial charge on any atom is -0.347 e. The van der Waals surface area contributed by atoms with Crippen molar-refractivity contribution < 1.29 is 8.42 Å². The van der Waals surface area contributed by atoms with Crippen molar-refractivity contribution in [3.8, 4) is 0 Å². The van der Waals surface area contributed by atoms with Crippen molar-refractivity contribution in [2.45, 2.75) is 24.3 Å². The summed E-state index contributed by atoms with van der Waals surface area (Å²) < 4.78 is 28.3. The fourth-order valence-electron chi connectivity index (χ4n) is 1.59. The molecule has 0 aliphatic carbocycles. The van der Waals surface area contributed by atoms with Gasteiger partial charge in [0.2, 0.25) is 10.0 Å². The molecule has 0 aliphatic rings. The molecule has 0 fully saturated rings. The van der Waals surface area contributed by atoms with Crippen molar-refractivity contribution in [2.24, 2.45) is 7.05 Å².